The molecule has 0 unspecified atom stereocenters. The Morgan fingerprint density at radius 1 is 1.39 bits per heavy atom. The average molecular weight is 268 g/mol. The van der Waals surface area contributed by atoms with Gasteiger partial charge < -0.3 is 11.1 Å². The van der Waals surface area contributed by atoms with Crippen molar-refractivity contribution in [3.63, 3.8) is 0 Å². The van der Waals surface area contributed by atoms with Gasteiger partial charge in [0.1, 0.15) is 0 Å². The summed E-state index contributed by atoms with van der Waals surface area (Å²) in [5, 5.41) is 2.76. The molecule has 0 aromatic heterocycles. The topological polar surface area (TPSA) is 89.3 Å². The van der Waals surface area contributed by atoms with E-state index in [0.29, 0.717) is 5.69 Å². The Hall–Kier alpha value is -1.56. The number of nitrogens with one attached hydrogen (secondary N) is 1. The summed E-state index contributed by atoms with van der Waals surface area (Å²) in [5.74, 6) is -0.389. The van der Waals surface area contributed by atoms with Crippen LogP contribution < -0.4 is 11.1 Å². The molecule has 0 heterocycles. The molecule has 1 fully saturated rings. The van der Waals surface area contributed by atoms with Gasteiger partial charge in [-0.15, -0.1) is 0 Å². The predicted octanol–water partition coefficient (Wildman–Crippen LogP) is 0.711. The molecule has 6 heteroatoms. The van der Waals surface area contributed by atoms with E-state index < -0.39 is 9.84 Å². The molecular formula is C12H16N2O3S. The fourth-order valence-electron chi connectivity index (χ4n) is 1.58. The van der Waals surface area contributed by atoms with Crippen LogP contribution in [0.3, 0.4) is 0 Å². The summed E-state index contributed by atoms with van der Waals surface area (Å²) in [6.45, 7) is 0. The molecule has 3 N–H and O–H groups in total. The number of hydrogen-bond donors (Lipinski definition) is 2. The Kier molecular flexibility index (Phi) is 3.56. The minimum atomic E-state index is -3.43. The highest BCUT2D eigenvalue weighted by Crippen LogP contribution is 2.19. The molecule has 0 spiro atoms. The molecule has 2 rings (SSSR count). The van der Waals surface area contributed by atoms with E-state index in [0.717, 1.165) is 12.8 Å². The fourth-order valence-corrected chi connectivity index (χ4v) is 2.87. The van der Waals surface area contributed by atoms with Gasteiger partial charge in [0.05, 0.1) is 10.6 Å². The number of hydrogen-bond acceptors (Lipinski definition) is 4. The van der Waals surface area contributed by atoms with Crippen LogP contribution in [0.1, 0.15) is 19.3 Å². The molecular weight excluding hydrogens is 252 g/mol. The number of anilines is 1. The molecule has 1 aliphatic rings. The summed E-state index contributed by atoms with van der Waals surface area (Å²) in [6.07, 6.45) is 1.98. The Morgan fingerprint density at radius 2 is 2.11 bits per heavy atom. The van der Waals surface area contributed by atoms with Crippen molar-refractivity contribution in [2.24, 2.45) is 0 Å². The molecule has 1 aromatic carbocycles. The molecule has 98 valence electrons. The minimum Gasteiger partial charge on any atom is -0.399 e. The summed E-state index contributed by atoms with van der Waals surface area (Å²) in [4.78, 5) is 11.6. The number of amides is 1. The fraction of sp³-hybridized carbons (Fsp3) is 0.417. The first-order chi connectivity index (χ1) is 8.47. The maximum Gasteiger partial charge on any atom is 0.221 e. The third-order valence-corrected chi connectivity index (χ3v) is 4.47. The molecule has 0 radical (unpaired) electrons. The maximum absolute atomic E-state index is 12.0. The highest BCUT2D eigenvalue weighted by Gasteiger charge is 2.24. The zero-order chi connectivity index (χ0) is 13.2. The van der Waals surface area contributed by atoms with Crippen molar-refractivity contribution in [1.82, 2.24) is 5.32 Å². The lowest BCUT2D eigenvalue weighted by molar-refractivity contribution is -0.120. The number of rotatable bonds is 5. The highest BCUT2D eigenvalue weighted by atomic mass is 32.2. The Bertz CT molecular complexity index is 550. The van der Waals surface area contributed by atoms with Crippen LogP contribution in [0, 0.1) is 0 Å². The predicted molar refractivity (Wildman–Crippen MR) is 68.7 cm³/mol. The van der Waals surface area contributed by atoms with E-state index in [1.807, 2.05) is 0 Å². The van der Waals surface area contributed by atoms with Crippen LogP contribution in [0.15, 0.2) is 29.2 Å². The second-order valence-corrected chi connectivity index (χ2v) is 6.59. The first kappa shape index (κ1) is 12.9. The van der Waals surface area contributed by atoms with Crippen molar-refractivity contribution in [2.75, 3.05) is 11.5 Å². The molecule has 5 nitrogen and oxygen atoms in total. The lowest BCUT2D eigenvalue weighted by Gasteiger charge is -2.06. The molecule has 0 saturated heterocycles. The molecule has 1 amide bonds. The average Bonchev–Trinajstić information content (AvgIpc) is 3.10. The monoisotopic (exact) mass is 268 g/mol. The number of nitrogen functional groups attached to an aromatic ring is 1. The van der Waals surface area contributed by atoms with Crippen LogP contribution in [0.4, 0.5) is 5.69 Å². The third kappa shape index (κ3) is 3.46. The third-order valence-electron chi connectivity index (χ3n) is 2.76. The second-order valence-electron chi connectivity index (χ2n) is 4.48. The van der Waals surface area contributed by atoms with Gasteiger partial charge in [-0.05, 0) is 31.0 Å². The van der Waals surface area contributed by atoms with Gasteiger partial charge in [0, 0.05) is 18.2 Å². The van der Waals surface area contributed by atoms with Crippen LogP contribution in [-0.2, 0) is 14.6 Å². The molecule has 0 aliphatic heterocycles. The van der Waals surface area contributed by atoms with Gasteiger partial charge in [-0.3, -0.25) is 4.79 Å². The van der Waals surface area contributed by atoms with Crippen LogP contribution >= 0.6 is 0 Å². The van der Waals surface area contributed by atoms with Crippen molar-refractivity contribution in [1.29, 1.82) is 0 Å². The largest absolute Gasteiger partial charge is 0.399 e. The zero-order valence-corrected chi connectivity index (χ0v) is 10.7. The summed E-state index contributed by atoms with van der Waals surface area (Å²) in [7, 11) is -3.43. The number of nitrogens with two attached hydrogens (primary N) is 1. The van der Waals surface area contributed by atoms with E-state index in [9.17, 15) is 13.2 Å². The number of carbonyl (C=O) groups excluding carboxylic acids is 1. The van der Waals surface area contributed by atoms with E-state index in [2.05, 4.69) is 5.32 Å². The van der Waals surface area contributed by atoms with Crippen LogP contribution in [0.25, 0.3) is 0 Å². The Balaban J connectivity index is 1.96. The number of sulfone groups is 1. The standard InChI is InChI=1S/C12H16N2O3S/c13-9-2-1-3-11(8-9)18(16,17)7-6-12(15)14-10-4-5-10/h1-3,8,10H,4-7,13H2,(H,14,15). The van der Waals surface area contributed by atoms with Gasteiger partial charge in [-0.25, -0.2) is 8.42 Å². The Morgan fingerprint density at radius 3 is 2.72 bits per heavy atom. The van der Waals surface area contributed by atoms with E-state index >= 15 is 0 Å². The molecule has 1 saturated carbocycles. The summed E-state index contributed by atoms with van der Waals surface area (Å²) < 4.78 is 23.9. The van der Waals surface area contributed by atoms with Gasteiger partial charge >= 0.3 is 0 Å². The molecule has 0 atom stereocenters. The summed E-state index contributed by atoms with van der Waals surface area (Å²) in [6, 6.07) is 6.37. The minimum absolute atomic E-state index is 0.00632. The van der Waals surface area contributed by atoms with Gasteiger partial charge in [0.2, 0.25) is 5.91 Å². The molecule has 1 aromatic rings. The number of carbonyl (C=O) groups is 1. The van der Waals surface area contributed by atoms with E-state index in [1.165, 1.54) is 12.1 Å². The SMILES string of the molecule is Nc1cccc(S(=O)(=O)CCC(=O)NC2CC2)c1. The van der Waals surface area contributed by atoms with E-state index in [4.69, 9.17) is 5.73 Å². The lowest BCUT2D eigenvalue weighted by Crippen LogP contribution is -2.27. The van der Waals surface area contributed by atoms with Gasteiger partial charge in [-0.2, -0.15) is 0 Å². The summed E-state index contributed by atoms with van der Waals surface area (Å²) in [5.41, 5.74) is 5.94. The summed E-state index contributed by atoms with van der Waals surface area (Å²) >= 11 is 0. The smallest absolute Gasteiger partial charge is 0.221 e. The quantitative estimate of drug-likeness (QED) is 0.770. The normalized spacial score (nSPS) is 15.3. The highest BCUT2D eigenvalue weighted by molar-refractivity contribution is 7.91. The molecule has 0 bridgehead atoms. The van der Waals surface area contributed by atoms with Gasteiger partial charge in [0.15, 0.2) is 9.84 Å². The molecule has 18 heavy (non-hydrogen) atoms. The lowest BCUT2D eigenvalue weighted by atomic mass is 10.3. The van der Waals surface area contributed by atoms with Crippen molar-refractivity contribution in [3.05, 3.63) is 24.3 Å². The van der Waals surface area contributed by atoms with Crippen LogP contribution in [0.2, 0.25) is 0 Å². The Labute approximate surface area is 106 Å². The van der Waals surface area contributed by atoms with E-state index in [-0.39, 0.29) is 29.0 Å². The maximum atomic E-state index is 12.0. The van der Waals surface area contributed by atoms with Crippen molar-refractivity contribution >= 4 is 21.4 Å². The van der Waals surface area contributed by atoms with Crippen molar-refractivity contribution in [2.45, 2.75) is 30.2 Å². The first-order valence-electron chi connectivity index (χ1n) is 5.85. The van der Waals surface area contributed by atoms with Crippen LogP contribution in [0.5, 0.6) is 0 Å². The van der Waals surface area contributed by atoms with Gasteiger partial charge in [0.25, 0.3) is 0 Å². The molecule has 1 aliphatic carbocycles. The number of benzene rings is 1. The second kappa shape index (κ2) is 4.97. The van der Waals surface area contributed by atoms with Crippen LogP contribution in [-0.4, -0.2) is 26.1 Å². The van der Waals surface area contributed by atoms with Gasteiger partial charge in [-0.1, -0.05) is 6.07 Å². The van der Waals surface area contributed by atoms with Crippen molar-refractivity contribution in [3.8, 4) is 0 Å². The van der Waals surface area contributed by atoms with E-state index in [1.54, 1.807) is 12.1 Å². The zero-order valence-electron chi connectivity index (χ0n) is 9.93. The van der Waals surface area contributed by atoms with Crippen molar-refractivity contribution < 1.29 is 13.2 Å². The first-order valence-corrected chi connectivity index (χ1v) is 7.50.